The lowest BCUT2D eigenvalue weighted by Crippen LogP contribution is -2.61. The highest BCUT2D eigenvalue weighted by Gasteiger charge is 2.58. The van der Waals surface area contributed by atoms with E-state index in [1.54, 1.807) is 0 Å². The second kappa shape index (κ2) is 15.6. The highest BCUT2D eigenvalue weighted by atomic mass is 15.3. The number of nitrogens with zero attached hydrogens (tertiary/aromatic N) is 3. The lowest BCUT2D eigenvalue weighted by molar-refractivity contribution is 0.195. The molecule has 8 aromatic rings. The predicted octanol–water partition coefficient (Wildman–Crippen LogP) is 15.7. The third-order valence-electron chi connectivity index (χ3n) is 16.8. The molecule has 8 aromatic carbocycles. The standard InChI is InChI=1S/C65H64BN3/c1-43-38-59-61-60(39-43)68(55-35-29-48(63(5,6)7)41-51(55)45-22-14-11-15-23-45)57-40-46(44-20-12-10-13-21-44)26-33-53(57)66(61)54-34-32-50(42-58(54)67(59)49-30-27-47(28-31-49)62(2,3)4)69-56-25-17-16-24-52(56)64(8)36-18-19-37-65(64,69)9/h10-17,20-35,38-42H,18-19,36-37H2,1-9H3. The number of hydrogen-bond acceptors (Lipinski definition) is 3. The summed E-state index contributed by atoms with van der Waals surface area (Å²) in [6, 6.07) is 67.6. The third kappa shape index (κ3) is 6.69. The van der Waals surface area contributed by atoms with Crippen molar-refractivity contribution >= 4 is 68.6 Å². The first-order chi connectivity index (χ1) is 33.1. The summed E-state index contributed by atoms with van der Waals surface area (Å²) >= 11 is 0. The van der Waals surface area contributed by atoms with Gasteiger partial charge in [0.1, 0.15) is 0 Å². The van der Waals surface area contributed by atoms with Crippen molar-refractivity contribution in [3.8, 4) is 22.3 Å². The van der Waals surface area contributed by atoms with E-state index < -0.39 is 0 Å². The van der Waals surface area contributed by atoms with Crippen molar-refractivity contribution in [3.63, 3.8) is 0 Å². The molecule has 1 fully saturated rings. The smallest absolute Gasteiger partial charge is 0.252 e. The van der Waals surface area contributed by atoms with E-state index in [-0.39, 0.29) is 28.5 Å². The molecule has 0 amide bonds. The van der Waals surface area contributed by atoms with Gasteiger partial charge in [0.25, 0.3) is 6.71 Å². The maximum absolute atomic E-state index is 2.74. The Labute approximate surface area is 411 Å². The zero-order valence-corrected chi connectivity index (χ0v) is 42.0. The van der Waals surface area contributed by atoms with Crippen LogP contribution >= 0.6 is 0 Å². The van der Waals surface area contributed by atoms with Gasteiger partial charge in [0.2, 0.25) is 0 Å². The second-order valence-electron chi connectivity index (χ2n) is 23.0. The lowest BCUT2D eigenvalue weighted by atomic mass is 9.33. The highest BCUT2D eigenvalue weighted by molar-refractivity contribution is 7.00. The van der Waals surface area contributed by atoms with Crippen molar-refractivity contribution in [2.24, 2.45) is 0 Å². The molecule has 4 heteroatoms. The van der Waals surface area contributed by atoms with Crippen LogP contribution in [0.25, 0.3) is 22.3 Å². The molecule has 0 bridgehead atoms. The molecule has 69 heavy (non-hydrogen) atoms. The van der Waals surface area contributed by atoms with Crippen LogP contribution in [0.3, 0.4) is 0 Å². The molecule has 0 radical (unpaired) electrons. The first-order valence-electron chi connectivity index (χ1n) is 25.4. The number of anilines is 8. The molecule has 0 saturated heterocycles. The molecule has 12 rings (SSSR count). The predicted molar refractivity (Wildman–Crippen MR) is 296 cm³/mol. The van der Waals surface area contributed by atoms with Gasteiger partial charge in [0.05, 0.1) is 11.2 Å². The third-order valence-corrected chi connectivity index (χ3v) is 16.8. The van der Waals surface area contributed by atoms with E-state index in [2.05, 4.69) is 253 Å². The number of hydrogen-bond donors (Lipinski definition) is 0. The monoisotopic (exact) mass is 898 g/mol. The topological polar surface area (TPSA) is 9.72 Å². The van der Waals surface area contributed by atoms with E-state index in [1.807, 2.05) is 0 Å². The molecule has 2 unspecified atom stereocenters. The van der Waals surface area contributed by atoms with Crippen molar-refractivity contribution in [3.05, 3.63) is 198 Å². The van der Waals surface area contributed by atoms with Gasteiger partial charge in [-0.15, -0.1) is 0 Å². The maximum Gasteiger partial charge on any atom is 0.252 e. The first kappa shape index (κ1) is 43.5. The molecule has 2 atom stereocenters. The molecule has 342 valence electrons. The summed E-state index contributed by atoms with van der Waals surface area (Å²) in [5.41, 5.74) is 24.2. The zero-order chi connectivity index (χ0) is 47.6. The van der Waals surface area contributed by atoms with Crippen LogP contribution in [0, 0.1) is 6.92 Å². The Kier molecular flexibility index (Phi) is 9.85. The first-order valence-corrected chi connectivity index (χ1v) is 25.4. The normalized spacial score (nSPS) is 19.1. The fourth-order valence-electron chi connectivity index (χ4n) is 12.9. The van der Waals surface area contributed by atoms with Crippen molar-refractivity contribution < 1.29 is 0 Å². The SMILES string of the molecule is Cc1cc2c3c(c1)N(c1ccc(C(C)(C)C)cc1-c1ccccc1)c1cc(-c4ccccc4)ccc1B3c1ccc(N3c4ccccc4C4(C)CCCCC34C)cc1N2c1ccc(C(C)(C)C)cc1. The molecular weight excluding hydrogens is 834 g/mol. The number of para-hydroxylation sites is 1. The van der Waals surface area contributed by atoms with Crippen LogP contribution in [0.1, 0.15) is 103 Å². The number of benzene rings is 8. The number of aryl methyl sites for hydroxylation is 1. The van der Waals surface area contributed by atoms with Crippen molar-refractivity contribution in [2.75, 3.05) is 14.7 Å². The number of rotatable bonds is 5. The quantitative estimate of drug-likeness (QED) is 0.159. The number of fused-ring (bicyclic) bond motifs is 7. The Morgan fingerprint density at radius 3 is 1.72 bits per heavy atom. The van der Waals surface area contributed by atoms with Gasteiger partial charge in [-0.2, -0.15) is 0 Å². The molecule has 3 aliphatic heterocycles. The van der Waals surface area contributed by atoms with Gasteiger partial charge in [-0.25, -0.2) is 0 Å². The summed E-state index contributed by atoms with van der Waals surface area (Å²) in [6.07, 6.45) is 4.88. The van der Waals surface area contributed by atoms with Gasteiger partial charge in [-0.3, -0.25) is 0 Å². The molecule has 0 spiro atoms. The average molecular weight is 898 g/mol. The summed E-state index contributed by atoms with van der Waals surface area (Å²) in [5.74, 6) is 0. The van der Waals surface area contributed by atoms with Crippen molar-refractivity contribution in [2.45, 2.75) is 110 Å². The molecule has 0 aromatic heterocycles. The van der Waals surface area contributed by atoms with Crippen LogP contribution in [-0.2, 0) is 16.2 Å². The minimum atomic E-state index is -0.0521. The Hall–Kier alpha value is -6.78. The van der Waals surface area contributed by atoms with Gasteiger partial charge in [-0.1, -0.05) is 177 Å². The molecule has 4 aliphatic rings. The van der Waals surface area contributed by atoms with Crippen LogP contribution in [0.2, 0.25) is 0 Å². The van der Waals surface area contributed by atoms with Crippen LogP contribution in [0.5, 0.6) is 0 Å². The molecule has 0 N–H and O–H groups in total. The Bertz CT molecular complexity index is 3310. The van der Waals surface area contributed by atoms with E-state index in [1.165, 1.54) is 126 Å². The second-order valence-corrected chi connectivity index (χ2v) is 23.0. The Morgan fingerprint density at radius 2 is 1.03 bits per heavy atom. The minimum Gasteiger partial charge on any atom is -0.334 e. The molecule has 1 aliphatic carbocycles. The van der Waals surface area contributed by atoms with E-state index in [9.17, 15) is 0 Å². The van der Waals surface area contributed by atoms with Crippen LogP contribution in [-0.4, -0.2) is 12.3 Å². The van der Waals surface area contributed by atoms with Crippen LogP contribution in [0.15, 0.2) is 176 Å². The molecule has 1 saturated carbocycles. The summed E-state index contributed by atoms with van der Waals surface area (Å²) < 4.78 is 0. The summed E-state index contributed by atoms with van der Waals surface area (Å²) in [5, 5.41) is 0. The van der Waals surface area contributed by atoms with E-state index in [0.717, 1.165) is 6.42 Å². The minimum absolute atomic E-state index is 0.00348. The zero-order valence-electron chi connectivity index (χ0n) is 42.0. The highest BCUT2D eigenvalue weighted by Crippen LogP contribution is 2.61. The lowest BCUT2D eigenvalue weighted by Gasteiger charge is -2.50. The summed E-state index contributed by atoms with van der Waals surface area (Å²) in [4.78, 5) is 7.97. The largest absolute Gasteiger partial charge is 0.334 e. The van der Waals surface area contributed by atoms with Crippen LogP contribution < -0.4 is 31.1 Å². The van der Waals surface area contributed by atoms with Crippen molar-refractivity contribution in [1.82, 2.24) is 0 Å². The van der Waals surface area contributed by atoms with Crippen LogP contribution in [0.4, 0.5) is 45.5 Å². The Morgan fingerprint density at radius 1 is 0.449 bits per heavy atom. The average Bonchev–Trinajstić information content (AvgIpc) is 3.56. The van der Waals surface area contributed by atoms with E-state index >= 15 is 0 Å². The van der Waals surface area contributed by atoms with Gasteiger partial charge in [-0.05, 0) is 154 Å². The molecule has 3 nitrogen and oxygen atoms in total. The van der Waals surface area contributed by atoms with Gasteiger partial charge in [0, 0.05) is 50.8 Å². The van der Waals surface area contributed by atoms with E-state index in [0.29, 0.717) is 0 Å². The maximum atomic E-state index is 2.74. The summed E-state index contributed by atoms with van der Waals surface area (Å²) in [7, 11) is 0. The van der Waals surface area contributed by atoms with Crippen molar-refractivity contribution in [1.29, 1.82) is 0 Å². The van der Waals surface area contributed by atoms with Gasteiger partial charge >= 0.3 is 0 Å². The fourth-order valence-corrected chi connectivity index (χ4v) is 12.9. The van der Waals surface area contributed by atoms with E-state index in [4.69, 9.17) is 0 Å². The fraction of sp³-hybridized carbons (Fsp3) is 0.262. The molecule has 3 heterocycles. The Balaban J connectivity index is 1.15. The summed E-state index contributed by atoms with van der Waals surface area (Å²) in [6.45, 7) is 21.3. The van der Waals surface area contributed by atoms with Gasteiger partial charge < -0.3 is 14.7 Å². The van der Waals surface area contributed by atoms with Gasteiger partial charge in [0.15, 0.2) is 0 Å². The molecular formula is C65H64BN3.